The van der Waals surface area contributed by atoms with Gasteiger partial charge >= 0.3 is 0 Å². The Labute approximate surface area is 127 Å². The monoisotopic (exact) mass is 299 g/mol. The van der Waals surface area contributed by atoms with E-state index in [-0.39, 0.29) is 0 Å². The summed E-state index contributed by atoms with van der Waals surface area (Å²) in [6, 6.07) is 14.8. The fraction of sp³-hybridized carbons (Fsp3) is 0.125. The maximum Gasteiger partial charge on any atom is 0.145 e. The Morgan fingerprint density at radius 1 is 1.05 bits per heavy atom. The van der Waals surface area contributed by atoms with E-state index in [0.717, 1.165) is 16.6 Å². The summed E-state index contributed by atoms with van der Waals surface area (Å²) in [6.45, 7) is 0.356. The summed E-state index contributed by atoms with van der Waals surface area (Å²) in [5.74, 6) is 0.640. The van der Waals surface area contributed by atoms with Gasteiger partial charge in [0.05, 0.1) is 23.3 Å². The third-order valence-corrected chi connectivity index (χ3v) is 3.43. The van der Waals surface area contributed by atoms with Crippen molar-refractivity contribution in [3.8, 4) is 0 Å². The third kappa shape index (κ3) is 3.29. The van der Waals surface area contributed by atoms with E-state index < -0.39 is 6.10 Å². The molecule has 0 amide bonds. The summed E-state index contributed by atoms with van der Waals surface area (Å²) in [7, 11) is 0. The van der Waals surface area contributed by atoms with Crippen molar-refractivity contribution < 1.29 is 5.11 Å². The number of aliphatic hydroxyl groups is 1. The molecule has 1 atom stereocenters. The predicted octanol–water partition coefficient (Wildman–Crippen LogP) is 3.43. The number of hydrogen-bond donors (Lipinski definition) is 2. The summed E-state index contributed by atoms with van der Waals surface area (Å²) >= 11 is 5.83. The first-order valence-corrected chi connectivity index (χ1v) is 6.99. The van der Waals surface area contributed by atoms with Gasteiger partial charge in [-0.05, 0) is 29.8 Å². The van der Waals surface area contributed by atoms with Crippen LogP contribution < -0.4 is 5.32 Å². The summed E-state index contributed by atoms with van der Waals surface area (Å²) in [4.78, 5) is 8.77. The Morgan fingerprint density at radius 2 is 1.76 bits per heavy atom. The zero-order valence-electron chi connectivity index (χ0n) is 11.2. The molecule has 0 radical (unpaired) electrons. The van der Waals surface area contributed by atoms with Gasteiger partial charge < -0.3 is 10.4 Å². The summed E-state index contributed by atoms with van der Waals surface area (Å²) in [5.41, 5.74) is 2.48. The van der Waals surface area contributed by atoms with Gasteiger partial charge in [0.1, 0.15) is 5.82 Å². The first-order valence-electron chi connectivity index (χ1n) is 6.61. The molecule has 2 N–H and O–H groups in total. The molecule has 0 aliphatic heterocycles. The van der Waals surface area contributed by atoms with E-state index in [0.29, 0.717) is 17.4 Å². The van der Waals surface area contributed by atoms with Crippen molar-refractivity contribution in [3.05, 3.63) is 65.3 Å². The minimum atomic E-state index is -0.629. The molecule has 5 heteroatoms. The van der Waals surface area contributed by atoms with Crippen LogP contribution in [0.5, 0.6) is 0 Å². The number of nitrogens with zero attached hydrogens (tertiary/aromatic N) is 2. The molecule has 0 bridgehead atoms. The number of nitrogens with one attached hydrogen (secondary N) is 1. The highest BCUT2D eigenvalue weighted by Crippen LogP contribution is 2.17. The number of fused-ring (bicyclic) bond motifs is 1. The van der Waals surface area contributed by atoms with E-state index >= 15 is 0 Å². The lowest BCUT2D eigenvalue weighted by molar-refractivity contribution is 0.191. The quantitative estimate of drug-likeness (QED) is 0.775. The number of halogens is 1. The molecular formula is C16H14ClN3O. The van der Waals surface area contributed by atoms with E-state index in [2.05, 4.69) is 15.3 Å². The smallest absolute Gasteiger partial charge is 0.145 e. The van der Waals surface area contributed by atoms with Crippen molar-refractivity contribution in [1.29, 1.82) is 0 Å². The molecule has 0 spiro atoms. The number of aliphatic hydroxyl groups excluding tert-OH is 1. The van der Waals surface area contributed by atoms with Crippen molar-refractivity contribution in [3.63, 3.8) is 0 Å². The van der Waals surface area contributed by atoms with Crippen molar-refractivity contribution in [2.45, 2.75) is 6.10 Å². The van der Waals surface area contributed by atoms with Gasteiger partial charge in [0.2, 0.25) is 0 Å². The Bertz CT molecular complexity index is 746. The third-order valence-electron chi connectivity index (χ3n) is 3.18. The first kappa shape index (κ1) is 13.8. The number of hydrogen-bond acceptors (Lipinski definition) is 4. The summed E-state index contributed by atoms with van der Waals surface area (Å²) in [6.07, 6.45) is 1.03. The Hall–Kier alpha value is -2.17. The number of aromatic nitrogens is 2. The molecule has 4 nitrogen and oxygen atoms in total. The van der Waals surface area contributed by atoms with Crippen LogP contribution in [0.2, 0.25) is 5.02 Å². The number of rotatable bonds is 4. The van der Waals surface area contributed by atoms with Crippen LogP contribution in [0.15, 0.2) is 54.7 Å². The van der Waals surface area contributed by atoms with Gasteiger partial charge in [-0.2, -0.15) is 0 Å². The van der Waals surface area contributed by atoms with Gasteiger partial charge in [0.15, 0.2) is 0 Å². The van der Waals surface area contributed by atoms with Crippen molar-refractivity contribution >= 4 is 28.5 Å². The van der Waals surface area contributed by atoms with Crippen LogP contribution in [-0.4, -0.2) is 21.6 Å². The van der Waals surface area contributed by atoms with Crippen LogP contribution in [0.4, 0.5) is 5.82 Å². The standard InChI is InChI=1S/C16H14ClN3O/c17-12-7-5-11(6-8-12)15(21)9-19-16-10-18-13-3-1-2-4-14(13)20-16/h1-8,10,15,21H,9H2,(H,19,20). The van der Waals surface area contributed by atoms with Gasteiger partial charge in [-0.1, -0.05) is 35.9 Å². The molecule has 1 unspecified atom stereocenters. The Balaban J connectivity index is 1.69. The van der Waals surface area contributed by atoms with Crippen LogP contribution in [0, 0.1) is 0 Å². The van der Waals surface area contributed by atoms with Crippen LogP contribution in [0.3, 0.4) is 0 Å². The van der Waals surface area contributed by atoms with Crippen LogP contribution >= 0.6 is 11.6 Å². The Kier molecular flexibility index (Phi) is 3.99. The van der Waals surface area contributed by atoms with Crippen molar-refractivity contribution in [2.75, 3.05) is 11.9 Å². The molecule has 0 fully saturated rings. The lowest BCUT2D eigenvalue weighted by Crippen LogP contribution is -2.13. The van der Waals surface area contributed by atoms with Crippen LogP contribution in [0.1, 0.15) is 11.7 Å². The lowest BCUT2D eigenvalue weighted by Gasteiger charge is -2.12. The highest BCUT2D eigenvalue weighted by molar-refractivity contribution is 6.30. The lowest BCUT2D eigenvalue weighted by atomic mass is 10.1. The van der Waals surface area contributed by atoms with Crippen LogP contribution in [-0.2, 0) is 0 Å². The van der Waals surface area contributed by atoms with E-state index in [1.165, 1.54) is 0 Å². The average molecular weight is 300 g/mol. The fourth-order valence-electron chi connectivity index (χ4n) is 2.05. The molecule has 3 rings (SSSR count). The zero-order valence-corrected chi connectivity index (χ0v) is 12.0. The molecule has 0 aliphatic rings. The molecule has 2 aromatic carbocycles. The van der Waals surface area contributed by atoms with Crippen molar-refractivity contribution in [1.82, 2.24) is 9.97 Å². The SMILES string of the molecule is OC(CNc1cnc2ccccc2n1)c1ccc(Cl)cc1. The molecule has 1 heterocycles. The highest BCUT2D eigenvalue weighted by atomic mass is 35.5. The number of para-hydroxylation sites is 2. The zero-order chi connectivity index (χ0) is 14.7. The van der Waals surface area contributed by atoms with E-state index in [1.54, 1.807) is 30.5 Å². The van der Waals surface area contributed by atoms with Gasteiger partial charge in [-0.25, -0.2) is 4.98 Å². The normalized spacial score (nSPS) is 12.3. The molecule has 0 saturated carbocycles. The summed E-state index contributed by atoms with van der Waals surface area (Å²) in [5, 5.41) is 13.9. The fourth-order valence-corrected chi connectivity index (χ4v) is 2.17. The molecular weight excluding hydrogens is 286 g/mol. The molecule has 21 heavy (non-hydrogen) atoms. The van der Waals surface area contributed by atoms with Gasteiger partial charge in [-0.15, -0.1) is 0 Å². The maximum atomic E-state index is 10.1. The van der Waals surface area contributed by atoms with E-state index in [4.69, 9.17) is 11.6 Å². The maximum absolute atomic E-state index is 10.1. The Morgan fingerprint density at radius 3 is 2.52 bits per heavy atom. The second-order valence-electron chi connectivity index (χ2n) is 4.69. The van der Waals surface area contributed by atoms with Crippen LogP contribution in [0.25, 0.3) is 11.0 Å². The number of benzene rings is 2. The largest absolute Gasteiger partial charge is 0.387 e. The predicted molar refractivity (Wildman–Crippen MR) is 84.4 cm³/mol. The molecule has 0 aliphatic carbocycles. The average Bonchev–Trinajstić information content (AvgIpc) is 2.53. The molecule has 1 aromatic heterocycles. The van der Waals surface area contributed by atoms with Crippen molar-refractivity contribution in [2.24, 2.45) is 0 Å². The van der Waals surface area contributed by atoms with E-state index in [9.17, 15) is 5.11 Å². The molecule has 0 saturated heterocycles. The first-order chi connectivity index (χ1) is 10.2. The van der Waals surface area contributed by atoms with Gasteiger partial charge in [0.25, 0.3) is 0 Å². The minimum Gasteiger partial charge on any atom is -0.387 e. The second-order valence-corrected chi connectivity index (χ2v) is 5.13. The topological polar surface area (TPSA) is 58.0 Å². The van der Waals surface area contributed by atoms with Gasteiger partial charge in [-0.3, -0.25) is 4.98 Å². The molecule has 3 aromatic rings. The van der Waals surface area contributed by atoms with E-state index in [1.807, 2.05) is 24.3 Å². The highest BCUT2D eigenvalue weighted by Gasteiger charge is 2.08. The summed E-state index contributed by atoms with van der Waals surface area (Å²) < 4.78 is 0. The van der Waals surface area contributed by atoms with Gasteiger partial charge in [0, 0.05) is 11.6 Å². The minimum absolute atomic E-state index is 0.356. The second kappa shape index (κ2) is 6.08. The number of anilines is 1. The molecule has 106 valence electrons.